The summed E-state index contributed by atoms with van der Waals surface area (Å²) < 4.78 is 10.8. The van der Waals surface area contributed by atoms with E-state index < -0.39 is 0 Å². The molecule has 5 heteroatoms. The summed E-state index contributed by atoms with van der Waals surface area (Å²) in [6.07, 6.45) is 3.32. The van der Waals surface area contributed by atoms with Crippen molar-refractivity contribution in [3.63, 3.8) is 0 Å². The maximum absolute atomic E-state index is 11.6. The summed E-state index contributed by atoms with van der Waals surface area (Å²) in [7, 11) is 0. The molecule has 2 rings (SSSR count). The van der Waals surface area contributed by atoms with Crippen molar-refractivity contribution in [2.24, 2.45) is 0 Å². The fourth-order valence-electron chi connectivity index (χ4n) is 2.09. The van der Waals surface area contributed by atoms with Crippen molar-refractivity contribution >= 4 is 6.09 Å². The summed E-state index contributed by atoms with van der Waals surface area (Å²) in [4.78, 5) is 17.5. The first-order chi connectivity index (χ1) is 9.19. The van der Waals surface area contributed by atoms with E-state index >= 15 is 0 Å². The molecule has 5 nitrogen and oxygen atoms in total. The van der Waals surface area contributed by atoms with Crippen molar-refractivity contribution in [3.8, 4) is 5.75 Å². The van der Waals surface area contributed by atoms with E-state index in [0.29, 0.717) is 19.7 Å². The van der Waals surface area contributed by atoms with Crippen LogP contribution in [0.4, 0.5) is 4.79 Å². The van der Waals surface area contributed by atoms with Crippen LogP contribution in [0.3, 0.4) is 0 Å². The van der Waals surface area contributed by atoms with E-state index in [4.69, 9.17) is 9.47 Å². The Labute approximate surface area is 113 Å². The average Bonchev–Trinajstić information content (AvgIpc) is 2.42. The van der Waals surface area contributed by atoms with Gasteiger partial charge in [-0.05, 0) is 26.0 Å². The number of nitrogens with zero attached hydrogens (tertiary/aromatic N) is 2. The number of hydrogen-bond donors (Lipinski definition) is 0. The van der Waals surface area contributed by atoms with Crippen LogP contribution in [-0.4, -0.2) is 41.8 Å². The third-order valence-electron chi connectivity index (χ3n) is 3.15. The lowest BCUT2D eigenvalue weighted by Crippen LogP contribution is -2.42. The topological polar surface area (TPSA) is 51.7 Å². The van der Waals surface area contributed by atoms with Crippen LogP contribution in [0.25, 0.3) is 0 Å². The minimum atomic E-state index is -0.224. The maximum Gasteiger partial charge on any atom is 0.409 e. The van der Waals surface area contributed by atoms with Gasteiger partial charge in [0.15, 0.2) is 0 Å². The molecule has 0 aliphatic carbocycles. The second-order valence-corrected chi connectivity index (χ2v) is 4.64. The molecule has 1 aromatic heterocycles. The molecule has 1 fully saturated rings. The zero-order chi connectivity index (χ0) is 13.7. The lowest BCUT2D eigenvalue weighted by molar-refractivity contribution is 0.0702. The van der Waals surface area contributed by atoms with Gasteiger partial charge in [0.05, 0.1) is 12.8 Å². The van der Waals surface area contributed by atoms with Crippen molar-refractivity contribution in [2.75, 3.05) is 19.7 Å². The Morgan fingerprint density at radius 3 is 2.74 bits per heavy atom. The highest BCUT2D eigenvalue weighted by Crippen LogP contribution is 2.18. The number of carbonyl (C=O) groups is 1. The number of rotatable bonds is 3. The van der Waals surface area contributed by atoms with E-state index in [-0.39, 0.29) is 12.2 Å². The molecule has 0 bridgehead atoms. The first kappa shape index (κ1) is 13.6. The molecule has 0 unspecified atom stereocenters. The van der Waals surface area contributed by atoms with Crippen LogP contribution in [0.5, 0.6) is 5.75 Å². The number of hydrogen-bond acceptors (Lipinski definition) is 4. The Morgan fingerprint density at radius 1 is 1.42 bits per heavy atom. The van der Waals surface area contributed by atoms with Crippen molar-refractivity contribution in [3.05, 3.63) is 24.0 Å². The fourth-order valence-corrected chi connectivity index (χ4v) is 2.09. The highest BCUT2D eigenvalue weighted by Gasteiger charge is 2.24. The molecule has 0 aromatic carbocycles. The Kier molecular flexibility index (Phi) is 4.60. The third kappa shape index (κ3) is 3.84. The summed E-state index contributed by atoms with van der Waals surface area (Å²) in [5.41, 5.74) is 0.976. The first-order valence-corrected chi connectivity index (χ1v) is 6.70. The monoisotopic (exact) mass is 264 g/mol. The molecule has 1 aromatic rings. The number of likely N-dealkylation sites (tertiary alicyclic amines) is 1. The molecule has 0 saturated carbocycles. The van der Waals surface area contributed by atoms with Crippen molar-refractivity contribution in [1.82, 2.24) is 9.88 Å². The average molecular weight is 264 g/mol. The molecule has 0 spiro atoms. The number of pyridine rings is 1. The Morgan fingerprint density at radius 2 is 2.16 bits per heavy atom. The Balaban J connectivity index is 1.80. The van der Waals surface area contributed by atoms with Gasteiger partial charge < -0.3 is 14.4 Å². The van der Waals surface area contributed by atoms with Crippen LogP contribution in [0.1, 0.15) is 25.5 Å². The summed E-state index contributed by atoms with van der Waals surface area (Å²) >= 11 is 0. The van der Waals surface area contributed by atoms with Crippen molar-refractivity contribution in [2.45, 2.75) is 32.8 Å². The predicted octanol–water partition coefficient (Wildman–Crippen LogP) is 2.39. The molecule has 1 aliphatic rings. The normalized spacial score (nSPS) is 16.2. The highest BCUT2D eigenvalue weighted by atomic mass is 16.6. The fraction of sp³-hybridized carbons (Fsp3) is 0.571. The van der Waals surface area contributed by atoms with E-state index in [1.165, 1.54) is 0 Å². The van der Waals surface area contributed by atoms with Crippen LogP contribution >= 0.6 is 0 Å². The summed E-state index contributed by atoms with van der Waals surface area (Å²) in [6, 6.07) is 3.86. The quantitative estimate of drug-likeness (QED) is 0.841. The molecule has 1 saturated heterocycles. The van der Waals surface area contributed by atoms with Gasteiger partial charge in [-0.25, -0.2) is 4.79 Å². The van der Waals surface area contributed by atoms with E-state index in [2.05, 4.69) is 4.98 Å². The lowest BCUT2D eigenvalue weighted by atomic mass is 10.1. The Bertz CT molecular complexity index is 411. The van der Waals surface area contributed by atoms with Crippen LogP contribution in [0, 0.1) is 6.92 Å². The van der Waals surface area contributed by atoms with Gasteiger partial charge in [-0.3, -0.25) is 4.98 Å². The molecule has 0 N–H and O–H groups in total. The number of carbonyl (C=O) groups excluding carboxylic acids is 1. The molecule has 0 atom stereocenters. The number of amides is 1. The molecular weight excluding hydrogens is 244 g/mol. The molecule has 104 valence electrons. The summed E-state index contributed by atoms with van der Waals surface area (Å²) in [6.45, 7) is 5.55. The van der Waals surface area contributed by atoms with Crippen LogP contribution in [0.15, 0.2) is 18.3 Å². The number of piperidine rings is 1. The number of ether oxygens (including phenoxy) is 2. The smallest absolute Gasteiger partial charge is 0.409 e. The number of aromatic nitrogens is 1. The maximum atomic E-state index is 11.6. The summed E-state index contributed by atoms with van der Waals surface area (Å²) in [5.74, 6) is 0.792. The molecule has 1 amide bonds. The summed E-state index contributed by atoms with van der Waals surface area (Å²) in [5, 5.41) is 0. The van der Waals surface area contributed by atoms with E-state index in [0.717, 1.165) is 24.3 Å². The first-order valence-electron chi connectivity index (χ1n) is 6.70. The van der Waals surface area contributed by atoms with E-state index in [9.17, 15) is 4.79 Å². The van der Waals surface area contributed by atoms with Crippen LogP contribution in [0.2, 0.25) is 0 Å². The third-order valence-corrected chi connectivity index (χ3v) is 3.15. The van der Waals surface area contributed by atoms with E-state index in [1.807, 2.05) is 26.0 Å². The van der Waals surface area contributed by atoms with Gasteiger partial charge in [0.25, 0.3) is 0 Å². The molecule has 0 radical (unpaired) electrons. The van der Waals surface area contributed by atoms with Gasteiger partial charge in [0.1, 0.15) is 11.9 Å². The van der Waals surface area contributed by atoms with Crippen molar-refractivity contribution in [1.29, 1.82) is 0 Å². The van der Waals surface area contributed by atoms with Crippen molar-refractivity contribution < 1.29 is 14.3 Å². The molecule has 19 heavy (non-hydrogen) atoms. The van der Waals surface area contributed by atoms with Gasteiger partial charge in [0.2, 0.25) is 0 Å². The molecule has 2 heterocycles. The zero-order valence-corrected chi connectivity index (χ0v) is 11.5. The van der Waals surface area contributed by atoms with Gasteiger partial charge in [-0.2, -0.15) is 0 Å². The standard InChI is InChI=1S/C14H20N2O3/c1-3-18-14(17)16-8-6-12(7-9-16)19-13-5-4-11(2)15-10-13/h4-5,10,12H,3,6-9H2,1-2H3. The van der Waals surface area contributed by atoms with Crippen LogP contribution < -0.4 is 4.74 Å². The second-order valence-electron chi connectivity index (χ2n) is 4.64. The van der Waals surface area contributed by atoms with Gasteiger partial charge in [0, 0.05) is 31.6 Å². The van der Waals surface area contributed by atoms with Gasteiger partial charge >= 0.3 is 6.09 Å². The lowest BCUT2D eigenvalue weighted by Gasteiger charge is -2.31. The number of aryl methyl sites for hydroxylation is 1. The van der Waals surface area contributed by atoms with Gasteiger partial charge in [-0.15, -0.1) is 0 Å². The van der Waals surface area contributed by atoms with Crippen LogP contribution in [-0.2, 0) is 4.74 Å². The zero-order valence-electron chi connectivity index (χ0n) is 11.5. The highest BCUT2D eigenvalue weighted by molar-refractivity contribution is 5.67. The molecule has 1 aliphatic heterocycles. The minimum absolute atomic E-state index is 0.148. The second kappa shape index (κ2) is 6.41. The SMILES string of the molecule is CCOC(=O)N1CCC(Oc2ccc(C)nc2)CC1. The minimum Gasteiger partial charge on any atom is -0.489 e. The molecular formula is C14H20N2O3. The Hall–Kier alpha value is -1.78. The van der Waals surface area contributed by atoms with E-state index in [1.54, 1.807) is 11.1 Å². The van der Waals surface area contributed by atoms with Gasteiger partial charge in [-0.1, -0.05) is 0 Å². The largest absolute Gasteiger partial charge is 0.489 e. The predicted molar refractivity (Wildman–Crippen MR) is 71.2 cm³/mol.